The largest absolute Gasteiger partial charge is 0.465 e. The van der Waals surface area contributed by atoms with Crippen LogP contribution in [0, 0.1) is 5.92 Å². The van der Waals surface area contributed by atoms with Crippen LogP contribution in [0.15, 0.2) is 91.0 Å². The molecule has 1 aliphatic carbocycles. The normalized spacial score (nSPS) is 21.1. The lowest BCUT2D eigenvalue weighted by Crippen LogP contribution is -2.27. The second kappa shape index (κ2) is 8.87. The Bertz CT molecular complexity index is 951. The Morgan fingerprint density at radius 2 is 1.34 bits per heavy atom. The Morgan fingerprint density at radius 3 is 1.97 bits per heavy atom. The van der Waals surface area contributed by atoms with Crippen molar-refractivity contribution < 1.29 is 14.3 Å². The Labute approximate surface area is 171 Å². The third-order valence-electron chi connectivity index (χ3n) is 5.70. The molecule has 1 saturated carbocycles. The summed E-state index contributed by atoms with van der Waals surface area (Å²) in [6, 6.07) is 29.8. The van der Waals surface area contributed by atoms with Crippen molar-refractivity contribution in [1.29, 1.82) is 0 Å². The SMILES string of the molecule is O=C1C[C@@H](c2ccccc2)[C@@H](c2ccccc2)[C@@H]1C(=O)OCCc1ccccc1. The number of Topliss-reactive ketones (excluding diaryl/α,β-unsaturated/α-hetero) is 1. The van der Waals surface area contributed by atoms with Crippen LogP contribution in [0.5, 0.6) is 0 Å². The molecule has 3 nitrogen and oxygen atoms in total. The van der Waals surface area contributed by atoms with E-state index < -0.39 is 11.9 Å². The van der Waals surface area contributed by atoms with Crippen LogP contribution in [0.1, 0.15) is 34.9 Å². The van der Waals surface area contributed by atoms with E-state index in [0.717, 1.165) is 16.7 Å². The summed E-state index contributed by atoms with van der Waals surface area (Å²) < 4.78 is 5.58. The maximum Gasteiger partial charge on any atom is 0.317 e. The van der Waals surface area contributed by atoms with Crippen molar-refractivity contribution in [2.45, 2.75) is 24.7 Å². The number of hydrogen-bond acceptors (Lipinski definition) is 3. The lowest BCUT2D eigenvalue weighted by Gasteiger charge is -2.24. The van der Waals surface area contributed by atoms with Crippen LogP contribution >= 0.6 is 0 Å². The smallest absolute Gasteiger partial charge is 0.317 e. The molecule has 3 aromatic rings. The average molecular weight is 384 g/mol. The molecule has 0 N–H and O–H groups in total. The van der Waals surface area contributed by atoms with Crippen LogP contribution in [0.2, 0.25) is 0 Å². The highest BCUT2D eigenvalue weighted by Crippen LogP contribution is 2.48. The predicted octanol–water partition coefficient (Wildman–Crippen LogP) is 4.93. The van der Waals surface area contributed by atoms with Gasteiger partial charge in [-0.25, -0.2) is 0 Å². The van der Waals surface area contributed by atoms with Gasteiger partial charge in [-0.15, -0.1) is 0 Å². The van der Waals surface area contributed by atoms with Gasteiger partial charge in [0.1, 0.15) is 11.7 Å². The van der Waals surface area contributed by atoms with Gasteiger partial charge in [0.2, 0.25) is 0 Å². The summed E-state index contributed by atoms with van der Waals surface area (Å²) in [4.78, 5) is 25.9. The minimum atomic E-state index is -0.752. The van der Waals surface area contributed by atoms with Gasteiger partial charge in [-0.2, -0.15) is 0 Å². The standard InChI is InChI=1S/C26H24O3/c27-23-18-22(20-12-6-2-7-13-20)24(21-14-8-3-9-15-21)25(23)26(28)29-17-16-19-10-4-1-5-11-19/h1-15,22,24-25H,16-18H2/t22-,24+,25+/m0/s1. The van der Waals surface area contributed by atoms with Crippen LogP contribution < -0.4 is 0 Å². The Morgan fingerprint density at radius 1 is 0.793 bits per heavy atom. The molecule has 1 aliphatic rings. The van der Waals surface area contributed by atoms with E-state index in [0.29, 0.717) is 12.8 Å². The van der Waals surface area contributed by atoms with E-state index in [1.165, 1.54) is 0 Å². The van der Waals surface area contributed by atoms with Crippen LogP contribution in [-0.4, -0.2) is 18.4 Å². The second-order valence-electron chi connectivity index (χ2n) is 7.50. The number of carbonyl (C=O) groups is 2. The second-order valence-corrected chi connectivity index (χ2v) is 7.50. The minimum absolute atomic E-state index is 0.0160. The molecule has 0 aromatic heterocycles. The zero-order chi connectivity index (χ0) is 20.1. The van der Waals surface area contributed by atoms with Gasteiger partial charge in [-0.1, -0.05) is 91.0 Å². The first-order valence-electron chi connectivity index (χ1n) is 10.1. The highest BCUT2D eigenvalue weighted by atomic mass is 16.5. The number of ketones is 1. The number of benzene rings is 3. The van der Waals surface area contributed by atoms with Crippen molar-refractivity contribution in [2.75, 3.05) is 6.61 Å². The Balaban J connectivity index is 1.55. The maximum atomic E-state index is 13.0. The quantitative estimate of drug-likeness (QED) is 0.447. The lowest BCUT2D eigenvalue weighted by atomic mass is 9.80. The zero-order valence-electron chi connectivity index (χ0n) is 16.2. The van der Waals surface area contributed by atoms with Crippen LogP contribution in [0.25, 0.3) is 0 Å². The van der Waals surface area contributed by atoms with Gasteiger partial charge in [0.15, 0.2) is 0 Å². The first-order chi connectivity index (χ1) is 14.2. The summed E-state index contributed by atoms with van der Waals surface area (Å²) in [6.07, 6.45) is 1.01. The van der Waals surface area contributed by atoms with Crippen molar-refractivity contribution >= 4 is 11.8 Å². The fraction of sp³-hybridized carbons (Fsp3) is 0.231. The number of carbonyl (C=O) groups excluding carboxylic acids is 2. The molecule has 0 unspecified atom stereocenters. The summed E-state index contributed by atoms with van der Waals surface area (Å²) in [5.41, 5.74) is 3.21. The first-order valence-corrected chi connectivity index (χ1v) is 10.1. The minimum Gasteiger partial charge on any atom is -0.465 e. The highest BCUT2D eigenvalue weighted by Gasteiger charge is 2.48. The lowest BCUT2D eigenvalue weighted by molar-refractivity contribution is -0.151. The summed E-state index contributed by atoms with van der Waals surface area (Å²) in [5.74, 6) is -1.40. The molecule has 146 valence electrons. The molecule has 0 radical (unpaired) electrons. The van der Waals surface area contributed by atoms with Crippen molar-refractivity contribution in [1.82, 2.24) is 0 Å². The molecule has 0 saturated heterocycles. The molecule has 0 spiro atoms. The first kappa shape index (κ1) is 19.1. The molecule has 3 atom stereocenters. The van der Waals surface area contributed by atoms with E-state index >= 15 is 0 Å². The third kappa shape index (κ3) is 4.29. The van der Waals surface area contributed by atoms with Gasteiger partial charge in [0.25, 0.3) is 0 Å². The van der Waals surface area contributed by atoms with E-state index in [1.807, 2.05) is 91.0 Å². The number of hydrogen-bond donors (Lipinski definition) is 0. The van der Waals surface area contributed by atoms with Gasteiger partial charge >= 0.3 is 5.97 Å². The molecule has 1 fully saturated rings. The average Bonchev–Trinajstić information content (AvgIpc) is 3.13. The fourth-order valence-electron chi connectivity index (χ4n) is 4.31. The van der Waals surface area contributed by atoms with Crippen molar-refractivity contribution in [3.63, 3.8) is 0 Å². The van der Waals surface area contributed by atoms with Crippen molar-refractivity contribution in [2.24, 2.45) is 5.92 Å². The van der Waals surface area contributed by atoms with E-state index in [2.05, 4.69) is 0 Å². The molecule has 4 rings (SSSR count). The maximum absolute atomic E-state index is 13.0. The van der Waals surface area contributed by atoms with Gasteiger partial charge < -0.3 is 4.74 Å². The Hall–Kier alpha value is -3.20. The Kier molecular flexibility index (Phi) is 5.85. The molecule has 0 aliphatic heterocycles. The van der Waals surface area contributed by atoms with E-state index in [-0.39, 0.29) is 24.2 Å². The monoisotopic (exact) mass is 384 g/mol. The highest BCUT2D eigenvalue weighted by molar-refractivity contribution is 6.02. The predicted molar refractivity (Wildman–Crippen MR) is 113 cm³/mol. The third-order valence-corrected chi connectivity index (χ3v) is 5.70. The molecular weight excluding hydrogens is 360 g/mol. The molecular formula is C26H24O3. The van der Waals surface area contributed by atoms with Gasteiger partial charge in [-0.3, -0.25) is 9.59 Å². The molecule has 3 heteroatoms. The number of esters is 1. The molecule has 0 heterocycles. The van der Waals surface area contributed by atoms with Gasteiger partial charge in [0.05, 0.1) is 6.61 Å². The van der Waals surface area contributed by atoms with Crippen molar-refractivity contribution in [3.8, 4) is 0 Å². The molecule has 0 bridgehead atoms. The van der Waals surface area contributed by atoms with E-state index in [4.69, 9.17) is 4.74 Å². The van der Waals surface area contributed by atoms with Crippen LogP contribution in [0.4, 0.5) is 0 Å². The van der Waals surface area contributed by atoms with Gasteiger partial charge in [-0.05, 0) is 22.6 Å². The van der Waals surface area contributed by atoms with E-state index in [9.17, 15) is 9.59 Å². The van der Waals surface area contributed by atoms with Crippen LogP contribution in [0.3, 0.4) is 0 Å². The summed E-state index contributed by atoms with van der Waals surface area (Å²) in [5, 5.41) is 0. The zero-order valence-corrected chi connectivity index (χ0v) is 16.2. The summed E-state index contributed by atoms with van der Waals surface area (Å²) >= 11 is 0. The number of rotatable bonds is 6. The van der Waals surface area contributed by atoms with E-state index in [1.54, 1.807) is 0 Å². The molecule has 0 amide bonds. The van der Waals surface area contributed by atoms with Crippen LogP contribution in [-0.2, 0) is 20.7 Å². The summed E-state index contributed by atoms with van der Waals surface area (Å²) in [7, 11) is 0. The van der Waals surface area contributed by atoms with Crippen molar-refractivity contribution in [3.05, 3.63) is 108 Å². The number of ether oxygens (including phenoxy) is 1. The fourth-order valence-corrected chi connectivity index (χ4v) is 4.31. The topological polar surface area (TPSA) is 43.4 Å². The molecule has 29 heavy (non-hydrogen) atoms. The molecule has 3 aromatic carbocycles. The van der Waals surface area contributed by atoms with Gasteiger partial charge in [0, 0.05) is 18.8 Å². The summed E-state index contributed by atoms with van der Waals surface area (Å²) in [6.45, 7) is 0.282.